The summed E-state index contributed by atoms with van der Waals surface area (Å²) in [5.41, 5.74) is 1.53. The Morgan fingerprint density at radius 3 is 2.88 bits per heavy atom. The number of carbonyl (C=O) groups is 1. The van der Waals surface area contributed by atoms with Gasteiger partial charge in [-0.15, -0.1) is 0 Å². The molecule has 3 heterocycles. The van der Waals surface area contributed by atoms with Crippen molar-refractivity contribution in [3.63, 3.8) is 0 Å². The van der Waals surface area contributed by atoms with E-state index in [4.69, 9.17) is 14.0 Å². The predicted molar refractivity (Wildman–Crippen MR) is 86.2 cm³/mol. The monoisotopic (exact) mass is 328 g/mol. The van der Waals surface area contributed by atoms with E-state index < -0.39 is 0 Å². The minimum absolute atomic E-state index is 0.0155. The van der Waals surface area contributed by atoms with Crippen molar-refractivity contribution in [2.45, 2.75) is 38.6 Å². The second-order valence-electron chi connectivity index (χ2n) is 6.53. The maximum atomic E-state index is 12.9. The van der Waals surface area contributed by atoms with Crippen LogP contribution in [0.3, 0.4) is 0 Å². The van der Waals surface area contributed by atoms with E-state index in [9.17, 15) is 4.79 Å². The number of hydrogen-bond donors (Lipinski definition) is 0. The van der Waals surface area contributed by atoms with Gasteiger partial charge in [0.2, 0.25) is 6.79 Å². The molecule has 2 aromatic rings. The fourth-order valence-electron chi connectivity index (χ4n) is 3.23. The Bertz CT molecular complexity index is 768. The fourth-order valence-corrected chi connectivity index (χ4v) is 3.23. The van der Waals surface area contributed by atoms with E-state index in [0.29, 0.717) is 23.0 Å². The summed E-state index contributed by atoms with van der Waals surface area (Å²) in [7, 11) is 0. The third-order valence-electron chi connectivity index (χ3n) is 4.60. The summed E-state index contributed by atoms with van der Waals surface area (Å²) in [5.74, 6) is 2.37. The summed E-state index contributed by atoms with van der Waals surface area (Å²) in [6.45, 7) is 5.07. The van der Waals surface area contributed by atoms with Crippen LogP contribution < -0.4 is 9.47 Å². The number of ether oxygens (including phenoxy) is 2. The molecule has 4 rings (SSSR count). The summed E-state index contributed by atoms with van der Waals surface area (Å²) < 4.78 is 16.2. The molecular formula is C18H20N2O4. The minimum Gasteiger partial charge on any atom is -0.454 e. The van der Waals surface area contributed by atoms with E-state index in [-0.39, 0.29) is 18.7 Å². The van der Waals surface area contributed by atoms with Gasteiger partial charge in [0.05, 0.1) is 11.7 Å². The molecule has 1 aromatic heterocycles. The quantitative estimate of drug-likeness (QED) is 0.863. The molecule has 2 aliphatic heterocycles. The fraction of sp³-hybridized carbons (Fsp3) is 0.444. The standard InChI is InChI=1S/C18H20N2O4/c1-11(2)13-9-16(24-19-13)14-4-3-7-20(14)18(21)12-5-6-15-17(8-12)23-10-22-15/h5-6,8-9,11,14H,3-4,7,10H2,1-2H3. The average Bonchev–Trinajstić information content (AvgIpc) is 3.31. The Hall–Kier alpha value is -2.50. The van der Waals surface area contributed by atoms with Gasteiger partial charge in [0.25, 0.3) is 5.91 Å². The first-order valence-electron chi connectivity index (χ1n) is 8.30. The number of carbonyl (C=O) groups excluding carboxylic acids is 1. The largest absolute Gasteiger partial charge is 0.454 e. The lowest BCUT2D eigenvalue weighted by molar-refractivity contribution is 0.0714. The molecule has 0 saturated carbocycles. The maximum absolute atomic E-state index is 12.9. The van der Waals surface area contributed by atoms with Crippen LogP contribution in [0, 0.1) is 0 Å². The lowest BCUT2D eigenvalue weighted by atomic mass is 10.1. The first-order chi connectivity index (χ1) is 11.6. The summed E-state index contributed by atoms with van der Waals surface area (Å²) >= 11 is 0. The molecule has 1 amide bonds. The Balaban J connectivity index is 1.58. The van der Waals surface area contributed by atoms with Crippen LogP contribution in [-0.2, 0) is 0 Å². The SMILES string of the molecule is CC(C)c1cc(C2CCCN2C(=O)c2ccc3c(c2)OCO3)on1. The zero-order valence-corrected chi connectivity index (χ0v) is 13.8. The number of amides is 1. The molecule has 1 unspecified atom stereocenters. The van der Waals surface area contributed by atoms with Gasteiger partial charge in [0, 0.05) is 18.2 Å². The van der Waals surface area contributed by atoms with Crippen LogP contribution in [0.15, 0.2) is 28.8 Å². The molecule has 1 fully saturated rings. The first kappa shape index (κ1) is 15.1. The second kappa shape index (κ2) is 5.85. The van der Waals surface area contributed by atoms with Gasteiger partial charge in [-0.25, -0.2) is 0 Å². The Morgan fingerprint density at radius 1 is 1.25 bits per heavy atom. The highest BCUT2D eigenvalue weighted by molar-refractivity contribution is 5.95. The van der Waals surface area contributed by atoms with Gasteiger partial charge in [-0.1, -0.05) is 19.0 Å². The van der Waals surface area contributed by atoms with Gasteiger partial charge in [0.15, 0.2) is 17.3 Å². The Labute approximate surface area is 140 Å². The summed E-state index contributed by atoms with van der Waals surface area (Å²) in [6, 6.07) is 7.24. The highest BCUT2D eigenvalue weighted by Gasteiger charge is 2.34. The van der Waals surface area contributed by atoms with Crippen LogP contribution in [0.1, 0.15) is 60.5 Å². The predicted octanol–water partition coefficient (Wildman–Crippen LogP) is 3.50. The number of likely N-dealkylation sites (tertiary alicyclic amines) is 1. The van der Waals surface area contributed by atoms with Crippen molar-refractivity contribution in [3.05, 3.63) is 41.3 Å². The zero-order valence-electron chi connectivity index (χ0n) is 13.8. The molecule has 1 saturated heterocycles. The molecule has 0 aliphatic carbocycles. The van der Waals surface area contributed by atoms with Gasteiger partial charge >= 0.3 is 0 Å². The van der Waals surface area contributed by atoms with Gasteiger partial charge in [-0.3, -0.25) is 4.79 Å². The lowest BCUT2D eigenvalue weighted by Gasteiger charge is -2.22. The normalized spacial score (nSPS) is 19.3. The number of benzene rings is 1. The van der Waals surface area contributed by atoms with Crippen LogP contribution in [-0.4, -0.2) is 29.3 Å². The average molecular weight is 328 g/mol. The first-order valence-corrected chi connectivity index (χ1v) is 8.30. The molecule has 0 bridgehead atoms. The van der Waals surface area contributed by atoms with E-state index >= 15 is 0 Å². The molecule has 2 aliphatic rings. The zero-order chi connectivity index (χ0) is 16.7. The third kappa shape index (κ3) is 2.52. The molecule has 1 aromatic carbocycles. The summed E-state index contributed by atoms with van der Waals surface area (Å²) in [5, 5.41) is 4.12. The van der Waals surface area contributed by atoms with Gasteiger partial charge in [0.1, 0.15) is 0 Å². The highest BCUT2D eigenvalue weighted by Crippen LogP contribution is 2.37. The van der Waals surface area contributed by atoms with Crippen LogP contribution in [0.4, 0.5) is 0 Å². The van der Waals surface area contributed by atoms with Crippen molar-refractivity contribution in [3.8, 4) is 11.5 Å². The molecule has 24 heavy (non-hydrogen) atoms. The number of fused-ring (bicyclic) bond motifs is 1. The van der Waals surface area contributed by atoms with Crippen LogP contribution in [0.2, 0.25) is 0 Å². The van der Waals surface area contributed by atoms with Gasteiger partial charge < -0.3 is 18.9 Å². The molecular weight excluding hydrogens is 308 g/mol. The molecule has 1 atom stereocenters. The number of hydrogen-bond acceptors (Lipinski definition) is 5. The molecule has 0 spiro atoms. The van der Waals surface area contributed by atoms with Crippen molar-refractivity contribution in [2.75, 3.05) is 13.3 Å². The van der Waals surface area contributed by atoms with E-state index in [0.717, 1.165) is 30.8 Å². The number of nitrogens with zero attached hydrogens (tertiary/aromatic N) is 2. The topological polar surface area (TPSA) is 64.8 Å². The van der Waals surface area contributed by atoms with Crippen LogP contribution in [0.25, 0.3) is 0 Å². The van der Waals surface area contributed by atoms with Crippen LogP contribution in [0.5, 0.6) is 11.5 Å². The van der Waals surface area contributed by atoms with E-state index in [2.05, 4.69) is 19.0 Å². The molecule has 0 radical (unpaired) electrons. The molecule has 6 nitrogen and oxygen atoms in total. The smallest absolute Gasteiger partial charge is 0.254 e. The van der Waals surface area contributed by atoms with Crippen molar-refractivity contribution in [2.24, 2.45) is 0 Å². The van der Waals surface area contributed by atoms with Crippen molar-refractivity contribution in [1.82, 2.24) is 10.1 Å². The third-order valence-corrected chi connectivity index (χ3v) is 4.60. The Morgan fingerprint density at radius 2 is 2.08 bits per heavy atom. The summed E-state index contributed by atoms with van der Waals surface area (Å²) in [4.78, 5) is 14.8. The number of rotatable bonds is 3. The number of aromatic nitrogens is 1. The summed E-state index contributed by atoms with van der Waals surface area (Å²) in [6.07, 6.45) is 1.85. The van der Waals surface area contributed by atoms with Crippen molar-refractivity contribution in [1.29, 1.82) is 0 Å². The molecule has 126 valence electrons. The lowest BCUT2D eigenvalue weighted by Crippen LogP contribution is -2.30. The highest BCUT2D eigenvalue weighted by atomic mass is 16.7. The molecule has 0 N–H and O–H groups in total. The van der Waals surface area contributed by atoms with E-state index in [1.807, 2.05) is 11.0 Å². The second-order valence-corrected chi connectivity index (χ2v) is 6.53. The van der Waals surface area contributed by atoms with Crippen molar-refractivity contribution >= 4 is 5.91 Å². The van der Waals surface area contributed by atoms with Gasteiger partial charge in [-0.2, -0.15) is 0 Å². The Kier molecular flexibility index (Phi) is 3.67. The van der Waals surface area contributed by atoms with Crippen LogP contribution >= 0.6 is 0 Å². The van der Waals surface area contributed by atoms with Gasteiger partial charge in [-0.05, 0) is 37.0 Å². The minimum atomic E-state index is -0.0528. The van der Waals surface area contributed by atoms with E-state index in [1.165, 1.54) is 0 Å². The van der Waals surface area contributed by atoms with Crippen molar-refractivity contribution < 1.29 is 18.8 Å². The molecule has 6 heteroatoms. The maximum Gasteiger partial charge on any atom is 0.254 e. The van der Waals surface area contributed by atoms with E-state index in [1.54, 1.807) is 18.2 Å².